The van der Waals surface area contributed by atoms with Crippen LogP contribution in [-0.2, 0) is 13.1 Å². The number of fused-ring (bicyclic) bond motifs is 1. The predicted molar refractivity (Wildman–Crippen MR) is 67.7 cm³/mol. The van der Waals surface area contributed by atoms with Crippen molar-refractivity contribution in [2.45, 2.75) is 13.1 Å². The van der Waals surface area contributed by atoms with Crippen molar-refractivity contribution in [2.75, 3.05) is 14.1 Å². The molecular formula is C11H13IN2O. The van der Waals surface area contributed by atoms with Crippen LogP contribution in [0.1, 0.15) is 21.5 Å². The first-order valence-electron chi connectivity index (χ1n) is 4.82. The van der Waals surface area contributed by atoms with E-state index in [-0.39, 0.29) is 5.91 Å². The lowest BCUT2D eigenvalue weighted by Crippen LogP contribution is -2.13. The van der Waals surface area contributed by atoms with Crippen molar-refractivity contribution >= 4 is 28.5 Å². The van der Waals surface area contributed by atoms with Gasteiger partial charge in [-0.05, 0) is 53.9 Å². The molecule has 1 aromatic carbocycles. The van der Waals surface area contributed by atoms with Crippen LogP contribution in [0.3, 0.4) is 0 Å². The number of nitrogens with one attached hydrogen (secondary N) is 1. The van der Waals surface area contributed by atoms with Gasteiger partial charge in [0.05, 0.1) is 5.56 Å². The third-order valence-corrected chi connectivity index (χ3v) is 3.25. The lowest BCUT2D eigenvalue weighted by atomic mass is 10.1. The number of hydrogen-bond donors (Lipinski definition) is 1. The predicted octanol–water partition coefficient (Wildman–Crippen LogP) is 1.60. The Bertz CT molecular complexity index is 415. The zero-order valence-electron chi connectivity index (χ0n) is 8.80. The lowest BCUT2D eigenvalue weighted by molar-refractivity contribution is 0.0965. The van der Waals surface area contributed by atoms with Gasteiger partial charge in [0.25, 0.3) is 5.91 Å². The molecule has 0 fully saturated rings. The number of rotatable bonds is 2. The molecule has 0 aliphatic carbocycles. The van der Waals surface area contributed by atoms with Gasteiger partial charge in [-0.3, -0.25) is 4.79 Å². The Hall–Kier alpha value is -0.620. The molecule has 15 heavy (non-hydrogen) atoms. The van der Waals surface area contributed by atoms with Crippen LogP contribution in [-0.4, -0.2) is 24.9 Å². The highest BCUT2D eigenvalue weighted by molar-refractivity contribution is 14.1. The van der Waals surface area contributed by atoms with E-state index < -0.39 is 0 Å². The number of amides is 1. The highest BCUT2D eigenvalue weighted by Crippen LogP contribution is 2.24. The van der Waals surface area contributed by atoms with Gasteiger partial charge in [-0.1, -0.05) is 6.07 Å². The van der Waals surface area contributed by atoms with E-state index in [4.69, 9.17) is 0 Å². The van der Waals surface area contributed by atoms with Gasteiger partial charge in [-0.2, -0.15) is 0 Å². The van der Waals surface area contributed by atoms with Crippen LogP contribution in [0.5, 0.6) is 0 Å². The first-order chi connectivity index (χ1) is 7.08. The summed E-state index contributed by atoms with van der Waals surface area (Å²) in [6.45, 7) is 1.59. The normalized spacial score (nSPS) is 14.3. The number of hydrogen-bond acceptors (Lipinski definition) is 2. The number of carbonyl (C=O) groups is 1. The molecule has 1 N–H and O–H groups in total. The minimum atomic E-state index is 0.0609. The average Bonchev–Trinajstić information content (AvgIpc) is 2.46. The van der Waals surface area contributed by atoms with Crippen LogP contribution in [0.25, 0.3) is 0 Å². The molecule has 0 saturated carbocycles. The SMILES string of the molecule is CN(C)Cc1cc(I)c2c(c1)CNC2=O. The number of benzene rings is 1. The van der Waals surface area contributed by atoms with Crippen molar-refractivity contribution in [3.05, 3.63) is 32.4 Å². The van der Waals surface area contributed by atoms with Crippen LogP contribution in [0.2, 0.25) is 0 Å². The molecule has 4 heteroatoms. The Kier molecular flexibility index (Phi) is 2.97. The van der Waals surface area contributed by atoms with Crippen molar-refractivity contribution < 1.29 is 4.79 Å². The summed E-state index contributed by atoms with van der Waals surface area (Å²) in [5.41, 5.74) is 3.25. The zero-order chi connectivity index (χ0) is 11.0. The largest absolute Gasteiger partial charge is 0.348 e. The van der Waals surface area contributed by atoms with Crippen molar-refractivity contribution in [1.82, 2.24) is 10.2 Å². The monoisotopic (exact) mass is 316 g/mol. The molecule has 0 aromatic heterocycles. The summed E-state index contributed by atoms with van der Waals surface area (Å²) < 4.78 is 1.05. The average molecular weight is 316 g/mol. The Morgan fingerprint density at radius 3 is 2.87 bits per heavy atom. The Morgan fingerprint density at radius 1 is 1.47 bits per heavy atom. The van der Waals surface area contributed by atoms with Crippen molar-refractivity contribution in [2.24, 2.45) is 0 Å². The molecule has 1 aromatic rings. The second-order valence-electron chi connectivity index (χ2n) is 4.03. The molecule has 0 atom stereocenters. The van der Waals surface area contributed by atoms with Gasteiger partial charge in [0.15, 0.2) is 0 Å². The van der Waals surface area contributed by atoms with E-state index in [0.29, 0.717) is 6.54 Å². The van der Waals surface area contributed by atoms with Gasteiger partial charge in [-0.15, -0.1) is 0 Å². The van der Waals surface area contributed by atoms with Crippen molar-refractivity contribution in [3.63, 3.8) is 0 Å². The fourth-order valence-corrected chi connectivity index (χ4v) is 2.83. The summed E-state index contributed by atoms with van der Waals surface area (Å²) in [6, 6.07) is 4.21. The van der Waals surface area contributed by atoms with Crippen LogP contribution in [0.15, 0.2) is 12.1 Å². The maximum Gasteiger partial charge on any atom is 0.252 e. The number of carbonyl (C=O) groups excluding carboxylic acids is 1. The summed E-state index contributed by atoms with van der Waals surface area (Å²) in [7, 11) is 4.09. The summed E-state index contributed by atoms with van der Waals surface area (Å²) in [5.74, 6) is 0.0609. The van der Waals surface area contributed by atoms with Gasteiger partial charge in [0, 0.05) is 16.7 Å². The zero-order valence-corrected chi connectivity index (χ0v) is 11.0. The molecule has 1 amide bonds. The van der Waals surface area contributed by atoms with Crippen molar-refractivity contribution in [3.8, 4) is 0 Å². The quantitative estimate of drug-likeness (QED) is 0.841. The van der Waals surface area contributed by atoms with E-state index in [1.807, 2.05) is 14.1 Å². The molecule has 0 unspecified atom stereocenters. The minimum absolute atomic E-state index is 0.0609. The van der Waals surface area contributed by atoms with Crippen LogP contribution in [0, 0.1) is 3.57 Å². The third-order valence-electron chi connectivity index (χ3n) is 2.40. The van der Waals surface area contributed by atoms with E-state index in [2.05, 4.69) is 44.9 Å². The first kappa shape index (κ1) is 10.9. The van der Waals surface area contributed by atoms with Gasteiger partial charge in [0.1, 0.15) is 0 Å². The second-order valence-corrected chi connectivity index (χ2v) is 5.19. The van der Waals surface area contributed by atoms with Gasteiger partial charge < -0.3 is 10.2 Å². The fourth-order valence-electron chi connectivity index (χ4n) is 1.84. The fraction of sp³-hybridized carbons (Fsp3) is 0.364. The lowest BCUT2D eigenvalue weighted by Gasteiger charge is -2.11. The van der Waals surface area contributed by atoms with Crippen LogP contribution < -0.4 is 5.32 Å². The molecular weight excluding hydrogens is 303 g/mol. The molecule has 3 nitrogen and oxygen atoms in total. The molecule has 80 valence electrons. The first-order valence-corrected chi connectivity index (χ1v) is 5.90. The van der Waals surface area contributed by atoms with E-state index in [1.165, 1.54) is 5.56 Å². The molecule has 0 saturated heterocycles. The summed E-state index contributed by atoms with van der Waals surface area (Å²) in [4.78, 5) is 13.6. The second kappa shape index (κ2) is 4.09. The minimum Gasteiger partial charge on any atom is -0.348 e. The van der Waals surface area contributed by atoms with E-state index >= 15 is 0 Å². The van der Waals surface area contributed by atoms with Gasteiger partial charge >= 0.3 is 0 Å². The van der Waals surface area contributed by atoms with E-state index in [0.717, 1.165) is 21.2 Å². The molecule has 2 rings (SSSR count). The highest BCUT2D eigenvalue weighted by atomic mass is 127. The molecule has 0 spiro atoms. The standard InChI is InChI=1S/C11H13IN2O/c1-14(2)6-7-3-8-5-13-11(15)10(8)9(12)4-7/h3-4H,5-6H2,1-2H3,(H,13,15). The summed E-state index contributed by atoms with van der Waals surface area (Å²) in [6.07, 6.45) is 0. The maximum absolute atomic E-state index is 11.5. The molecule has 0 radical (unpaired) electrons. The Labute approximate surface area is 103 Å². The van der Waals surface area contributed by atoms with Gasteiger partial charge in [0.2, 0.25) is 0 Å². The topological polar surface area (TPSA) is 32.3 Å². The highest BCUT2D eigenvalue weighted by Gasteiger charge is 2.22. The molecule has 1 aliphatic heterocycles. The molecule has 1 heterocycles. The number of nitrogens with zero attached hydrogens (tertiary/aromatic N) is 1. The smallest absolute Gasteiger partial charge is 0.252 e. The molecule has 0 bridgehead atoms. The third kappa shape index (κ3) is 2.15. The van der Waals surface area contributed by atoms with Crippen LogP contribution >= 0.6 is 22.6 Å². The Balaban J connectivity index is 2.40. The van der Waals surface area contributed by atoms with E-state index in [9.17, 15) is 4.79 Å². The molecule has 1 aliphatic rings. The summed E-state index contributed by atoms with van der Waals surface area (Å²) in [5, 5.41) is 2.85. The van der Waals surface area contributed by atoms with Crippen molar-refractivity contribution in [1.29, 1.82) is 0 Å². The summed E-state index contributed by atoms with van der Waals surface area (Å²) >= 11 is 2.23. The Morgan fingerprint density at radius 2 is 2.20 bits per heavy atom. The van der Waals surface area contributed by atoms with Gasteiger partial charge in [-0.25, -0.2) is 0 Å². The maximum atomic E-state index is 11.5. The van der Waals surface area contributed by atoms with Crippen LogP contribution in [0.4, 0.5) is 0 Å². The number of halogens is 1. The van der Waals surface area contributed by atoms with E-state index in [1.54, 1.807) is 0 Å².